The van der Waals surface area contributed by atoms with Crippen molar-refractivity contribution >= 4 is 35.1 Å². The molecular formula is C21H22N4O3. The predicted molar refractivity (Wildman–Crippen MR) is 110 cm³/mol. The smallest absolute Gasteiger partial charge is 0.255 e. The Morgan fingerprint density at radius 2 is 1.89 bits per heavy atom. The van der Waals surface area contributed by atoms with Crippen LogP contribution in [0.3, 0.4) is 0 Å². The van der Waals surface area contributed by atoms with Crippen molar-refractivity contribution in [1.29, 1.82) is 5.41 Å². The second kappa shape index (κ2) is 6.84. The van der Waals surface area contributed by atoms with Crippen LogP contribution < -0.4 is 16.0 Å². The normalized spacial score (nSPS) is 15.3. The van der Waals surface area contributed by atoms with Gasteiger partial charge in [-0.05, 0) is 56.3 Å². The zero-order chi connectivity index (χ0) is 20.6. The largest absolute Gasteiger partial charge is 0.508 e. The summed E-state index contributed by atoms with van der Waals surface area (Å²) in [6, 6.07) is 9.43. The van der Waals surface area contributed by atoms with Crippen molar-refractivity contribution in [3.63, 3.8) is 0 Å². The summed E-state index contributed by atoms with van der Waals surface area (Å²) in [5.74, 6) is -0.366. The quantitative estimate of drug-likeness (QED) is 0.483. The van der Waals surface area contributed by atoms with E-state index in [2.05, 4.69) is 5.32 Å². The number of fused-ring (bicyclic) bond motifs is 1. The predicted octanol–water partition coefficient (Wildman–Crippen LogP) is 2.85. The highest BCUT2D eigenvalue weighted by molar-refractivity contribution is 6.12. The molecule has 28 heavy (non-hydrogen) atoms. The molecule has 7 nitrogen and oxygen atoms in total. The van der Waals surface area contributed by atoms with Crippen molar-refractivity contribution in [2.45, 2.75) is 19.3 Å². The van der Waals surface area contributed by atoms with E-state index in [9.17, 15) is 14.7 Å². The summed E-state index contributed by atoms with van der Waals surface area (Å²) in [6.45, 7) is 3.63. The number of anilines is 2. The standard InChI is InChI=1S/C21H22N4O3/c1-21(2)18-15(16(23)8-9-22)10-12(11-17(18)25(3)20(21)28)19(27)24-13-4-6-14(26)7-5-13/h4-11,22,26H,23H2,1-3H3,(H,24,27)/b16-8-,22-9?. The zero-order valence-electron chi connectivity index (χ0n) is 15.9. The maximum atomic E-state index is 12.8. The summed E-state index contributed by atoms with van der Waals surface area (Å²) >= 11 is 0. The monoisotopic (exact) mass is 378 g/mol. The van der Waals surface area contributed by atoms with Gasteiger partial charge in [-0.3, -0.25) is 9.59 Å². The molecule has 1 heterocycles. The van der Waals surface area contributed by atoms with E-state index in [-0.39, 0.29) is 17.6 Å². The Labute approximate surface area is 163 Å². The van der Waals surface area contributed by atoms with Gasteiger partial charge in [0.15, 0.2) is 0 Å². The highest BCUT2D eigenvalue weighted by Crippen LogP contribution is 2.44. The third-order valence-corrected chi connectivity index (χ3v) is 4.90. The van der Waals surface area contributed by atoms with Gasteiger partial charge in [0.05, 0.1) is 5.41 Å². The van der Waals surface area contributed by atoms with Gasteiger partial charge in [-0.1, -0.05) is 0 Å². The number of nitrogens with zero attached hydrogens (tertiary/aromatic N) is 1. The Balaban J connectivity index is 2.12. The minimum absolute atomic E-state index is 0.0949. The lowest BCUT2D eigenvalue weighted by atomic mass is 9.81. The molecule has 0 atom stereocenters. The minimum Gasteiger partial charge on any atom is -0.508 e. The van der Waals surface area contributed by atoms with Gasteiger partial charge in [-0.2, -0.15) is 0 Å². The lowest BCUT2D eigenvalue weighted by molar-refractivity contribution is -0.121. The van der Waals surface area contributed by atoms with Gasteiger partial charge in [-0.15, -0.1) is 0 Å². The Hall–Kier alpha value is -3.61. The molecule has 1 aliphatic rings. The Morgan fingerprint density at radius 3 is 2.50 bits per heavy atom. The van der Waals surface area contributed by atoms with Crippen molar-refractivity contribution in [3.8, 4) is 5.75 Å². The van der Waals surface area contributed by atoms with Crippen molar-refractivity contribution in [2.75, 3.05) is 17.3 Å². The van der Waals surface area contributed by atoms with E-state index in [4.69, 9.17) is 11.1 Å². The number of nitrogens with one attached hydrogen (secondary N) is 2. The molecule has 0 spiro atoms. The molecule has 144 valence electrons. The van der Waals surface area contributed by atoms with Crippen LogP contribution in [-0.4, -0.2) is 30.2 Å². The second-order valence-electron chi connectivity index (χ2n) is 7.20. The number of phenols is 1. The van der Waals surface area contributed by atoms with Crippen LogP contribution >= 0.6 is 0 Å². The maximum absolute atomic E-state index is 12.8. The van der Waals surface area contributed by atoms with Crippen LogP contribution in [0.4, 0.5) is 11.4 Å². The first-order chi connectivity index (χ1) is 13.2. The van der Waals surface area contributed by atoms with E-state index in [1.165, 1.54) is 23.1 Å². The molecule has 7 heteroatoms. The van der Waals surface area contributed by atoms with E-state index in [0.717, 1.165) is 11.8 Å². The van der Waals surface area contributed by atoms with E-state index >= 15 is 0 Å². The maximum Gasteiger partial charge on any atom is 0.255 e. The number of carbonyl (C=O) groups is 2. The first-order valence-corrected chi connectivity index (χ1v) is 8.70. The topological polar surface area (TPSA) is 120 Å². The number of hydrogen-bond donors (Lipinski definition) is 4. The molecule has 0 radical (unpaired) electrons. The summed E-state index contributed by atoms with van der Waals surface area (Å²) < 4.78 is 0. The van der Waals surface area contributed by atoms with Crippen molar-refractivity contribution < 1.29 is 14.7 Å². The molecule has 0 aliphatic carbocycles. The van der Waals surface area contributed by atoms with Gasteiger partial charge in [0.25, 0.3) is 5.91 Å². The average molecular weight is 378 g/mol. The molecular weight excluding hydrogens is 356 g/mol. The highest BCUT2D eigenvalue weighted by Gasteiger charge is 2.44. The third kappa shape index (κ3) is 3.11. The summed E-state index contributed by atoms with van der Waals surface area (Å²) in [5, 5.41) is 19.4. The lowest BCUT2D eigenvalue weighted by Crippen LogP contribution is -2.33. The molecule has 0 aromatic heterocycles. The number of likely N-dealkylation sites (N-methyl/N-ethyl adjacent to an activating group) is 1. The SMILES string of the molecule is CN1C(=O)C(C)(C)c2c(/C(N)=C/C=N)cc(C(=O)Nc3ccc(O)cc3)cc21. The number of benzene rings is 2. The number of nitrogens with two attached hydrogens (primary N) is 1. The van der Waals surface area contributed by atoms with Gasteiger partial charge < -0.3 is 26.5 Å². The summed E-state index contributed by atoms with van der Waals surface area (Å²) in [4.78, 5) is 27.0. The first-order valence-electron chi connectivity index (χ1n) is 8.70. The van der Waals surface area contributed by atoms with E-state index in [1.807, 2.05) is 13.8 Å². The van der Waals surface area contributed by atoms with Gasteiger partial charge in [0.1, 0.15) is 5.75 Å². The van der Waals surface area contributed by atoms with Crippen LogP contribution in [0.5, 0.6) is 5.75 Å². The molecule has 2 aromatic rings. The highest BCUT2D eigenvalue weighted by atomic mass is 16.3. The van der Waals surface area contributed by atoms with Gasteiger partial charge in [0.2, 0.25) is 5.91 Å². The molecule has 0 fully saturated rings. The first kappa shape index (κ1) is 19.2. The fourth-order valence-corrected chi connectivity index (χ4v) is 3.47. The van der Waals surface area contributed by atoms with Gasteiger partial charge >= 0.3 is 0 Å². The number of aromatic hydroxyl groups is 1. The summed E-state index contributed by atoms with van der Waals surface area (Å²) in [5.41, 5.74) is 8.42. The molecule has 0 unspecified atom stereocenters. The number of allylic oxidation sites excluding steroid dienone is 1. The Morgan fingerprint density at radius 1 is 1.25 bits per heavy atom. The van der Waals surface area contributed by atoms with Crippen LogP contribution in [-0.2, 0) is 10.2 Å². The lowest BCUT2D eigenvalue weighted by Gasteiger charge is -2.20. The second-order valence-corrected chi connectivity index (χ2v) is 7.20. The molecule has 5 N–H and O–H groups in total. The third-order valence-electron chi connectivity index (χ3n) is 4.90. The molecule has 0 saturated carbocycles. The average Bonchev–Trinajstić information content (AvgIpc) is 2.83. The molecule has 0 bridgehead atoms. The van der Waals surface area contributed by atoms with Crippen LogP contribution in [0.25, 0.3) is 5.70 Å². The molecule has 2 amide bonds. The minimum atomic E-state index is -0.800. The number of rotatable bonds is 4. The molecule has 0 saturated heterocycles. The fraction of sp³-hybridized carbons (Fsp3) is 0.190. The molecule has 1 aliphatic heterocycles. The number of carbonyl (C=O) groups excluding carboxylic acids is 2. The van der Waals surface area contributed by atoms with Crippen LogP contribution in [0.15, 0.2) is 42.5 Å². The van der Waals surface area contributed by atoms with Crippen LogP contribution in [0.1, 0.15) is 35.3 Å². The number of amides is 2. The van der Waals surface area contributed by atoms with Crippen molar-refractivity contribution in [1.82, 2.24) is 0 Å². The van der Waals surface area contributed by atoms with Crippen LogP contribution in [0.2, 0.25) is 0 Å². The number of hydrogen-bond acceptors (Lipinski definition) is 5. The van der Waals surface area contributed by atoms with E-state index < -0.39 is 5.41 Å². The summed E-state index contributed by atoms with van der Waals surface area (Å²) in [6.07, 6.45) is 2.49. The van der Waals surface area contributed by atoms with Crippen molar-refractivity contribution in [2.24, 2.45) is 5.73 Å². The van der Waals surface area contributed by atoms with Crippen molar-refractivity contribution in [3.05, 3.63) is 59.2 Å². The fourth-order valence-electron chi connectivity index (χ4n) is 3.47. The van der Waals surface area contributed by atoms with E-state index in [0.29, 0.717) is 28.2 Å². The molecule has 2 aromatic carbocycles. The number of phenolic OH excluding ortho intramolecular Hbond substituents is 1. The van der Waals surface area contributed by atoms with Gasteiger partial charge in [0, 0.05) is 47.0 Å². The zero-order valence-corrected chi connectivity index (χ0v) is 15.9. The Bertz CT molecular complexity index is 1010. The van der Waals surface area contributed by atoms with E-state index in [1.54, 1.807) is 31.3 Å². The van der Waals surface area contributed by atoms with Gasteiger partial charge in [-0.25, -0.2) is 0 Å². The van der Waals surface area contributed by atoms with Crippen LogP contribution in [0, 0.1) is 5.41 Å². The molecule has 3 rings (SSSR count). The summed E-state index contributed by atoms with van der Waals surface area (Å²) in [7, 11) is 1.66. The Kier molecular flexibility index (Phi) is 4.68.